The average molecular weight is 297 g/mol. The van der Waals surface area contributed by atoms with Gasteiger partial charge in [-0.25, -0.2) is 0 Å². The van der Waals surface area contributed by atoms with Crippen LogP contribution in [0, 0.1) is 5.41 Å². The SMILES string of the molecule is CCC(c1ccc(O)cc1)C(C)(C)CC(C)c1ccncc1. The first kappa shape index (κ1) is 16.5. The monoisotopic (exact) mass is 297 g/mol. The van der Waals surface area contributed by atoms with E-state index >= 15 is 0 Å². The van der Waals surface area contributed by atoms with Gasteiger partial charge >= 0.3 is 0 Å². The summed E-state index contributed by atoms with van der Waals surface area (Å²) < 4.78 is 0. The lowest BCUT2D eigenvalue weighted by atomic mass is 9.68. The van der Waals surface area contributed by atoms with Gasteiger partial charge in [-0.05, 0) is 65.5 Å². The zero-order chi connectivity index (χ0) is 16.2. The van der Waals surface area contributed by atoms with Gasteiger partial charge in [-0.3, -0.25) is 4.98 Å². The number of pyridine rings is 1. The van der Waals surface area contributed by atoms with E-state index in [0.717, 1.165) is 12.8 Å². The van der Waals surface area contributed by atoms with Gasteiger partial charge in [-0.15, -0.1) is 0 Å². The third kappa shape index (κ3) is 3.88. The van der Waals surface area contributed by atoms with Crippen LogP contribution >= 0.6 is 0 Å². The standard InChI is InChI=1S/C20H27NO/c1-5-19(17-6-8-18(22)9-7-17)20(3,4)14-15(2)16-10-12-21-13-11-16/h6-13,15,19,22H,5,14H2,1-4H3. The molecule has 22 heavy (non-hydrogen) atoms. The first-order valence-corrected chi connectivity index (χ1v) is 8.13. The fourth-order valence-electron chi connectivity index (χ4n) is 3.69. The molecule has 2 heteroatoms. The van der Waals surface area contributed by atoms with Gasteiger partial charge in [0, 0.05) is 12.4 Å². The van der Waals surface area contributed by atoms with Crippen molar-refractivity contribution in [3.63, 3.8) is 0 Å². The molecule has 0 saturated carbocycles. The fraction of sp³-hybridized carbons (Fsp3) is 0.450. The van der Waals surface area contributed by atoms with Gasteiger partial charge in [0.15, 0.2) is 0 Å². The molecule has 1 aromatic carbocycles. The maximum Gasteiger partial charge on any atom is 0.115 e. The molecule has 0 spiro atoms. The Kier molecular flexibility index (Phi) is 5.23. The molecule has 1 heterocycles. The Morgan fingerprint density at radius 2 is 1.59 bits per heavy atom. The highest BCUT2D eigenvalue weighted by molar-refractivity contribution is 5.29. The number of phenols is 1. The largest absolute Gasteiger partial charge is 0.508 e. The number of benzene rings is 1. The molecule has 2 atom stereocenters. The number of aromatic nitrogens is 1. The van der Waals surface area contributed by atoms with Gasteiger partial charge in [0.2, 0.25) is 0 Å². The Morgan fingerprint density at radius 3 is 2.14 bits per heavy atom. The molecule has 118 valence electrons. The minimum Gasteiger partial charge on any atom is -0.508 e. The minimum absolute atomic E-state index is 0.189. The number of hydrogen-bond acceptors (Lipinski definition) is 2. The van der Waals surface area contributed by atoms with Crippen molar-refractivity contribution in [1.29, 1.82) is 0 Å². The van der Waals surface area contributed by atoms with Crippen molar-refractivity contribution in [1.82, 2.24) is 4.98 Å². The summed E-state index contributed by atoms with van der Waals surface area (Å²) in [5, 5.41) is 9.50. The smallest absolute Gasteiger partial charge is 0.115 e. The highest BCUT2D eigenvalue weighted by Gasteiger charge is 2.31. The molecular formula is C20H27NO. The highest BCUT2D eigenvalue weighted by atomic mass is 16.3. The summed E-state index contributed by atoms with van der Waals surface area (Å²) in [6.07, 6.45) is 5.96. The van der Waals surface area contributed by atoms with Gasteiger partial charge in [-0.1, -0.05) is 39.8 Å². The number of rotatable bonds is 6. The van der Waals surface area contributed by atoms with E-state index in [1.807, 2.05) is 12.4 Å². The maximum absolute atomic E-state index is 9.50. The fourth-order valence-corrected chi connectivity index (χ4v) is 3.69. The normalized spacial score (nSPS) is 14.5. The van der Waals surface area contributed by atoms with Crippen molar-refractivity contribution in [2.45, 2.75) is 52.4 Å². The molecular weight excluding hydrogens is 270 g/mol. The Balaban J connectivity index is 2.18. The topological polar surface area (TPSA) is 33.1 Å². The zero-order valence-corrected chi connectivity index (χ0v) is 14.1. The van der Waals surface area contributed by atoms with Crippen molar-refractivity contribution in [3.05, 3.63) is 59.9 Å². The molecule has 0 aliphatic heterocycles. The van der Waals surface area contributed by atoms with Crippen molar-refractivity contribution in [2.75, 3.05) is 0 Å². The van der Waals surface area contributed by atoms with E-state index in [-0.39, 0.29) is 5.41 Å². The molecule has 2 unspecified atom stereocenters. The Hall–Kier alpha value is -1.83. The second-order valence-corrected chi connectivity index (χ2v) is 6.93. The predicted octanol–water partition coefficient (Wildman–Crippen LogP) is 5.50. The summed E-state index contributed by atoms with van der Waals surface area (Å²) in [5.74, 6) is 1.32. The number of aromatic hydroxyl groups is 1. The molecule has 0 aliphatic carbocycles. The number of nitrogens with zero attached hydrogens (tertiary/aromatic N) is 1. The van der Waals surface area contributed by atoms with Crippen LogP contribution in [0.2, 0.25) is 0 Å². The Bertz CT molecular complexity index is 574. The minimum atomic E-state index is 0.189. The van der Waals surface area contributed by atoms with Crippen LogP contribution < -0.4 is 0 Å². The third-order valence-electron chi connectivity index (χ3n) is 4.75. The van der Waals surface area contributed by atoms with Gasteiger partial charge in [0.1, 0.15) is 5.75 Å². The van der Waals surface area contributed by atoms with E-state index < -0.39 is 0 Å². The van der Waals surface area contributed by atoms with E-state index in [1.165, 1.54) is 11.1 Å². The van der Waals surface area contributed by atoms with E-state index in [2.05, 4.69) is 56.9 Å². The summed E-state index contributed by atoms with van der Waals surface area (Å²) in [7, 11) is 0. The summed E-state index contributed by atoms with van der Waals surface area (Å²) in [4.78, 5) is 4.11. The van der Waals surface area contributed by atoms with Crippen LogP contribution in [0.25, 0.3) is 0 Å². The van der Waals surface area contributed by atoms with Gasteiger partial charge in [0.25, 0.3) is 0 Å². The molecule has 1 N–H and O–H groups in total. The van der Waals surface area contributed by atoms with E-state index in [9.17, 15) is 5.11 Å². The van der Waals surface area contributed by atoms with Gasteiger partial charge < -0.3 is 5.11 Å². The van der Waals surface area contributed by atoms with Gasteiger partial charge in [0.05, 0.1) is 0 Å². The van der Waals surface area contributed by atoms with Crippen LogP contribution in [0.3, 0.4) is 0 Å². The molecule has 2 aromatic rings. The second kappa shape index (κ2) is 6.95. The first-order valence-electron chi connectivity index (χ1n) is 8.13. The average Bonchev–Trinajstić information content (AvgIpc) is 2.50. The third-order valence-corrected chi connectivity index (χ3v) is 4.75. The predicted molar refractivity (Wildman–Crippen MR) is 92.2 cm³/mol. The van der Waals surface area contributed by atoms with Crippen LogP contribution in [0.15, 0.2) is 48.8 Å². The lowest BCUT2D eigenvalue weighted by molar-refractivity contribution is 0.239. The van der Waals surface area contributed by atoms with Crippen LogP contribution in [-0.2, 0) is 0 Å². The van der Waals surface area contributed by atoms with Crippen LogP contribution in [0.5, 0.6) is 5.75 Å². The van der Waals surface area contributed by atoms with Crippen LogP contribution in [0.4, 0.5) is 0 Å². The number of hydrogen-bond donors (Lipinski definition) is 1. The van der Waals surface area contributed by atoms with Crippen molar-refractivity contribution < 1.29 is 5.11 Å². The maximum atomic E-state index is 9.50. The second-order valence-electron chi connectivity index (χ2n) is 6.93. The van der Waals surface area contributed by atoms with Crippen molar-refractivity contribution >= 4 is 0 Å². The molecule has 0 amide bonds. The molecule has 2 nitrogen and oxygen atoms in total. The van der Waals surface area contributed by atoms with Crippen molar-refractivity contribution in [3.8, 4) is 5.75 Å². The van der Waals surface area contributed by atoms with Crippen molar-refractivity contribution in [2.24, 2.45) is 5.41 Å². The first-order chi connectivity index (χ1) is 10.4. The number of phenolic OH excluding ortho intramolecular Hbond substituents is 1. The van der Waals surface area contributed by atoms with E-state index in [4.69, 9.17) is 0 Å². The molecule has 0 saturated heterocycles. The molecule has 0 bridgehead atoms. The van der Waals surface area contributed by atoms with Crippen LogP contribution in [0.1, 0.15) is 63.5 Å². The lowest BCUT2D eigenvalue weighted by Gasteiger charge is -2.36. The molecule has 1 aromatic heterocycles. The quantitative estimate of drug-likeness (QED) is 0.763. The summed E-state index contributed by atoms with van der Waals surface area (Å²) in [5.41, 5.74) is 2.85. The molecule has 0 fully saturated rings. The van der Waals surface area contributed by atoms with Gasteiger partial charge in [-0.2, -0.15) is 0 Å². The zero-order valence-electron chi connectivity index (χ0n) is 14.1. The van der Waals surface area contributed by atoms with Crippen LogP contribution in [-0.4, -0.2) is 10.1 Å². The van der Waals surface area contributed by atoms with E-state index in [1.54, 1.807) is 12.1 Å². The summed E-state index contributed by atoms with van der Waals surface area (Å²) in [6.45, 7) is 9.24. The lowest BCUT2D eigenvalue weighted by Crippen LogP contribution is -2.24. The molecule has 0 aliphatic rings. The Morgan fingerprint density at radius 1 is 1.00 bits per heavy atom. The molecule has 0 radical (unpaired) electrons. The summed E-state index contributed by atoms with van der Waals surface area (Å²) in [6, 6.07) is 11.9. The van der Waals surface area contributed by atoms with E-state index in [0.29, 0.717) is 17.6 Å². The highest BCUT2D eigenvalue weighted by Crippen LogP contribution is 2.44. The molecule has 2 rings (SSSR count). The Labute approximate surface area is 134 Å². The summed E-state index contributed by atoms with van der Waals surface area (Å²) >= 11 is 0.